The van der Waals surface area contributed by atoms with Crippen molar-refractivity contribution in [3.8, 4) is 17.3 Å². The lowest BCUT2D eigenvalue weighted by atomic mass is 10.2. The van der Waals surface area contributed by atoms with E-state index in [9.17, 15) is 14.4 Å². The van der Waals surface area contributed by atoms with Gasteiger partial charge in [-0.05, 0) is 31.4 Å². The number of pyridine rings is 1. The van der Waals surface area contributed by atoms with Crippen LogP contribution in [0.25, 0.3) is 22.4 Å². The van der Waals surface area contributed by atoms with Gasteiger partial charge in [-0.3, -0.25) is 19.1 Å². The average Bonchev–Trinajstić information content (AvgIpc) is 3.56. The number of amides is 1. The summed E-state index contributed by atoms with van der Waals surface area (Å²) in [5, 5.41) is 11.8. The van der Waals surface area contributed by atoms with Crippen molar-refractivity contribution in [1.82, 2.24) is 33.6 Å². The van der Waals surface area contributed by atoms with Crippen LogP contribution in [0.1, 0.15) is 26.3 Å². The zero-order valence-electron chi connectivity index (χ0n) is 21.2. The third-order valence-electron chi connectivity index (χ3n) is 6.76. The van der Waals surface area contributed by atoms with Crippen molar-refractivity contribution in [2.24, 2.45) is 13.0 Å². The first kappa shape index (κ1) is 24.8. The average molecular weight is 515 g/mol. The minimum atomic E-state index is -0.880. The van der Waals surface area contributed by atoms with Crippen LogP contribution < -0.4 is 21.5 Å². The molecule has 38 heavy (non-hydrogen) atoms. The van der Waals surface area contributed by atoms with Gasteiger partial charge in [-0.2, -0.15) is 5.26 Å². The van der Waals surface area contributed by atoms with Gasteiger partial charge < -0.3 is 14.8 Å². The molecule has 1 amide bonds. The number of carbonyl (C=O) groups is 1. The summed E-state index contributed by atoms with van der Waals surface area (Å²) < 4.78 is 3.36. The van der Waals surface area contributed by atoms with Gasteiger partial charge in [0, 0.05) is 31.9 Å². The topological polar surface area (TPSA) is 157 Å². The molecule has 13 heteroatoms. The molecule has 0 saturated carbocycles. The number of rotatable bonds is 6. The Morgan fingerprint density at radius 3 is 2.74 bits per heavy atom. The van der Waals surface area contributed by atoms with E-state index in [0.717, 1.165) is 35.5 Å². The van der Waals surface area contributed by atoms with Crippen LogP contribution >= 0.6 is 0 Å². The van der Waals surface area contributed by atoms with Crippen LogP contribution in [0.2, 0.25) is 0 Å². The number of nitrogens with one attached hydrogen (secondary N) is 1. The monoisotopic (exact) mass is 514 g/mol. The van der Waals surface area contributed by atoms with Gasteiger partial charge >= 0.3 is 5.69 Å². The molecule has 1 fully saturated rings. The summed E-state index contributed by atoms with van der Waals surface area (Å²) in [7, 11) is 1.45. The second-order valence-electron chi connectivity index (χ2n) is 9.41. The van der Waals surface area contributed by atoms with E-state index < -0.39 is 29.7 Å². The molecule has 4 aromatic heterocycles. The van der Waals surface area contributed by atoms with E-state index in [2.05, 4.69) is 37.1 Å². The van der Waals surface area contributed by atoms with Crippen LogP contribution in [-0.2, 0) is 18.4 Å². The van der Waals surface area contributed by atoms with Crippen LogP contribution in [-0.4, -0.2) is 52.6 Å². The quantitative estimate of drug-likeness (QED) is 0.401. The first-order valence-corrected chi connectivity index (χ1v) is 12.2. The molecule has 2 atom stereocenters. The lowest BCUT2D eigenvalue weighted by Crippen LogP contribution is -2.40. The molecule has 0 spiro atoms. The molecule has 1 aliphatic rings. The van der Waals surface area contributed by atoms with Crippen molar-refractivity contribution in [3.63, 3.8) is 0 Å². The Balaban J connectivity index is 1.38. The number of imidazole rings is 1. The minimum Gasteiger partial charge on any atom is -0.356 e. The lowest BCUT2D eigenvalue weighted by molar-refractivity contribution is -0.118. The zero-order valence-corrected chi connectivity index (χ0v) is 21.2. The van der Waals surface area contributed by atoms with Crippen molar-refractivity contribution < 1.29 is 4.79 Å². The van der Waals surface area contributed by atoms with Crippen molar-refractivity contribution in [2.75, 3.05) is 23.3 Å². The summed E-state index contributed by atoms with van der Waals surface area (Å²) in [6, 6.07) is 4.82. The fourth-order valence-corrected chi connectivity index (χ4v) is 4.58. The molecule has 0 aromatic carbocycles. The standard InChI is InChI=1S/C25H26N10O3/c1-15-6-8-33(13-15)20-5-4-17(10-28-20)18-11-27-12-19(30-18)31-23(36)16(2)35-14-29-22-21(35)24(37)34(9-7-26)25(38)32(22)3/h4-5,10-12,14-16H,6,8-9,13H2,1-3H3,(H,30,31,36)/t15?,16-/m0/s1. The molecule has 0 aliphatic carbocycles. The van der Waals surface area contributed by atoms with Crippen molar-refractivity contribution in [2.45, 2.75) is 32.9 Å². The number of nitriles is 1. The number of anilines is 2. The van der Waals surface area contributed by atoms with Crippen molar-refractivity contribution in [3.05, 3.63) is 57.9 Å². The first-order valence-electron chi connectivity index (χ1n) is 12.2. The van der Waals surface area contributed by atoms with Crippen LogP contribution in [0, 0.1) is 17.2 Å². The van der Waals surface area contributed by atoms with Crippen molar-refractivity contribution in [1.29, 1.82) is 5.26 Å². The van der Waals surface area contributed by atoms with Gasteiger partial charge in [0.25, 0.3) is 5.56 Å². The highest BCUT2D eigenvalue weighted by Gasteiger charge is 2.23. The van der Waals surface area contributed by atoms with Gasteiger partial charge in [0.15, 0.2) is 17.0 Å². The number of fused-ring (bicyclic) bond motifs is 1. The Kier molecular flexibility index (Phi) is 6.46. The molecule has 1 N–H and O–H groups in total. The molecule has 5 heterocycles. The van der Waals surface area contributed by atoms with E-state index >= 15 is 0 Å². The Labute approximate surface area is 217 Å². The maximum absolute atomic E-state index is 13.1. The van der Waals surface area contributed by atoms with E-state index in [1.165, 1.54) is 28.7 Å². The molecule has 1 saturated heterocycles. The predicted octanol–water partition coefficient (Wildman–Crippen LogP) is 1.32. The molecule has 4 aromatic rings. The fourth-order valence-electron chi connectivity index (χ4n) is 4.58. The van der Waals surface area contributed by atoms with E-state index in [4.69, 9.17) is 5.26 Å². The maximum Gasteiger partial charge on any atom is 0.333 e. The highest BCUT2D eigenvalue weighted by atomic mass is 16.2. The SMILES string of the molecule is CC1CCN(c2ccc(-c3cncc(NC(=O)[C@H](C)n4cnc5c4c(=O)n(CC#N)c(=O)n5C)n3)cn2)C1. The number of carbonyl (C=O) groups excluding carboxylic acids is 1. The third-order valence-corrected chi connectivity index (χ3v) is 6.76. The fraction of sp³-hybridized carbons (Fsp3) is 0.360. The summed E-state index contributed by atoms with van der Waals surface area (Å²) >= 11 is 0. The molecule has 13 nitrogen and oxygen atoms in total. The second-order valence-corrected chi connectivity index (χ2v) is 9.41. The molecule has 194 valence electrons. The molecular formula is C25H26N10O3. The van der Waals surface area contributed by atoms with Gasteiger partial charge in [0.1, 0.15) is 18.4 Å². The second kappa shape index (κ2) is 9.89. The van der Waals surface area contributed by atoms with Crippen LogP contribution in [0.15, 0.2) is 46.6 Å². The van der Waals surface area contributed by atoms with E-state index in [1.54, 1.807) is 19.3 Å². The van der Waals surface area contributed by atoms with Gasteiger partial charge in [-0.15, -0.1) is 0 Å². The predicted molar refractivity (Wildman–Crippen MR) is 139 cm³/mol. The molecule has 0 radical (unpaired) electrons. The minimum absolute atomic E-state index is 0.0448. The van der Waals surface area contributed by atoms with Crippen molar-refractivity contribution >= 4 is 28.7 Å². The molecule has 1 aliphatic heterocycles. The molecule has 5 rings (SSSR count). The highest BCUT2D eigenvalue weighted by molar-refractivity contribution is 5.93. The van der Waals surface area contributed by atoms with E-state index in [0.29, 0.717) is 11.6 Å². The van der Waals surface area contributed by atoms with Gasteiger partial charge in [0.2, 0.25) is 5.91 Å². The molecular weight excluding hydrogens is 488 g/mol. The molecule has 0 bridgehead atoms. The normalized spacial score (nSPS) is 15.9. The van der Waals surface area contributed by atoms with E-state index in [1.807, 2.05) is 18.2 Å². The van der Waals surface area contributed by atoms with Crippen LogP contribution in [0.4, 0.5) is 11.6 Å². The summed E-state index contributed by atoms with van der Waals surface area (Å²) in [6.45, 7) is 5.38. The Morgan fingerprint density at radius 2 is 2.05 bits per heavy atom. The number of hydrogen-bond donors (Lipinski definition) is 1. The lowest BCUT2D eigenvalue weighted by Gasteiger charge is -2.17. The Hall–Kier alpha value is -4.86. The largest absolute Gasteiger partial charge is 0.356 e. The smallest absolute Gasteiger partial charge is 0.333 e. The van der Waals surface area contributed by atoms with E-state index in [-0.39, 0.29) is 17.0 Å². The number of nitrogens with zero attached hydrogens (tertiary/aromatic N) is 9. The third kappa shape index (κ3) is 4.40. The Morgan fingerprint density at radius 1 is 1.24 bits per heavy atom. The number of aryl methyl sites for hydroxylation is 1. The van der Waals surface area contributed by atoms with Gasteiger partial charge in [-0.1, -0.05) is 6.92 Å². The number of aromatic nitrogens is 7. The van der Waals surface area contributed by atoms with Crippen LogP contribution in [0.3, 0.4) is 0 Å². The van der Waals surface area contributed by atoms with Crippen LogP contribution in [0.5, 0.6) is 0 Å². The van der Waals surface area contributed by atoms with Gasteiger partial charge in [-0.25, -0.2) is 24.3 Å². The summed E-state index contributed by atoms with van der Waals surface area (Å²) in [5.41, 5.74) is 0.126. The summed E-state index contributed by atoms with van der Waals surface area (Å²) in [6.07, 6.45) is 7.23. The first-order chi connectivity index (χ1) is 18.3. The summed E-state index contributed by atoms with van der Waals surface area (Å²) in [5.74, 6) is 1.34. The zero-order chi connectivity index (χ0) is 27.0. The Bertz CT molecular complexity index is 1680. The summed E-state index contributed by atoms with van der Waals surface area (Å²) in [4.78, 5) is 58.2. The highest BCUT2D eigenvalue weighted by Crippen LogP contribution is 2.24. The number of hydrogen-bond acceptors (Lipinski definition) is 9. The van der Waals surface area contributed by atoms with Gasteiger partial charge in [0.05, 0.1) is 30.5 Å². The maximum atomic E-state index is 13.1. The molecule has 1 unspecified atom stereocenters.